The molecule has 2 aliphatic heterocycles. The average molecular weight is 273 g/mol. The van der Waals surface area contributed by atoms with Crippen LogP contribution in [0.5, 0.6) is 0 Å². The quantitative estimate of drug-likeness (QED) is 0.808. The first-order valence-corrected chi connectivity index (χ1v) is 7.05. The van der Waals surface area contributed by atoms with Crippen LogP contribution in [0.25, 0.3) is 0 Å². The van der Waals surface area contributed by atoms with Gasteiger partial charge in [-0.25, -0.2) is 4.79 Å². The summed E-state index contributed by atoms with van der Waals surface area (Å²) in [7, 11) is 1.75. The van der Waals surface area contributed by atoms with E-state index in [1.165, 1.54) is 0 Å². The molecule has 1 aromatic carbocycles. The Kier molecular flexibility index (Phi) is 3.44. The third-order valence-corrected chi connectivity index (χ3v) is 4.05. The van der Waals surface area contributed by atoms with Crippen LogP contribution < -0.4 is 10.6 Å². The van der Waals surface area contributed by atoms with E-state index in [4.69, 9.17) is 0 Å². The molecule has 1 fully saturated rings. The molecule has 0 spiro atoms. The monoisotopic (exact) mass is 273 g/mol. The van der Waals surface area contributed by atoms with E-state index in [9.17, 15) is 9.59 Å². The number of hydrogen-bond acceptors (Lipinski definition) is 3. The molecule has 0 bridgehead atoms. The van der Waals surface area contributed by atoms with Gasteiger partial charge in [0.2, 0.25) is 0 Å². The van der Waals surface area contributed by atoms with Gasteiger partial charge in [-0.3, -0.25) is 4.79 Å². The van der Waals surface area contributed by atoms with Crippen LogP contribution in [0.2, 0.25) is 0 Å². The predicted octanol–water partition coefficient (Wildman–Crippen LogP) is 1.85. The molecule has 2 aliphatic rings. The molecule has 0 aliphatic carbocycles. The molecule has 1 saturated heterocycles. The molecule has 2 heterocycles. The van der Waals surface area contributed by atoms with Gasteiger partial charge in [0.15, 0.2) is 5.78 Å². The summed E-state index contributed by atoms with van der Waals surface area (Å²) in [6.07, 6.45) is 2.01. The summed E-state index contributed by atoms with van der Waals surface area (Å²) in [4.78, 5) is 25.7. The van der Waals surface area contributed by atoms with Gasteiger partial charge in [-0.2, -0.15) is 0 Å². The highest BCUT2D eigenvalue weighted by atomic mass is 16.2. The summed E-state index contributed by atoms with van der Waals surface area (Å²) in [5.41, 5.74) is 2.56. The number of piperidine rings is 1. The maximum atomic E-state index is 12.5. The molecule has 2 N–H and O–H groups in total. The largest absolute Gasteiger partial charge is 0.323 e. The Bertz CT molecular complexity index is 550. The molecule has 106 valence electrons. The maximum Gasteiger partial charge on any atom is 0.321 e. The van der Waals surface area contributed by atoms with Crippen molar-refractivity contribution in [3.63, 3.8) is 0 Å². The van der Waals surface area contributed by atoms with Crippen molar-refractivity contribution in [2.45, 2.75) is 19.4 Å². The van der Waals surface area contributed by atoms with Crippen LogP contribution in [0.1, 0.15) is 28.8 Å². The Hall–Kier alpha value is -1.88. The lowest BCUT2D eigenvalue weighted by Gasteiger charge is -2.27. The normalized spacial score (nSPS) is 22.1. The number of ketones is 1. The van der Waals surface area contributed by atoms with Gasteiger partial charge in [-0.15, -0.1) is 0 Å². The lowest BCUT2D eigenvalue weighted by atomic mass is 9.90. The molecule has 2 amide bonds. The fraction of sp³-hybridized carbons (Fsp3) is 0.467. The zero-order valence-corrected chi connectivity index (χ0v) is 11.6. The summed E-state index contributed by atoms with van der Waals surface area (Å²) in [6.45, 7) is 2.32. The summed E-state index contributed by atoms with van der Waals surface area (Å²) in [5, 5.41) is 6.09. The lowest BCUT2D eigenvalue weighted by Crippen LogP contribution is -2.36. The third-order valence-electron chi connectivity index (χ3n) is 4.05. The highest BCUT2D eigenvalue weighted by molar-refractivity contribution is 6.00. The Morgan fingerprint density at radius 2 is 2.25 bits per heavy atom. The van der Waals surface area contributed by atoms with Crippen LogP contribution in [0.15, 0.2) is 18.2 Å². The molecule has 0 radical (unpaired) electrons. The highest BCUT2D eigenvalue weighted by Gasteiger charge is 2.24. The molecule has 20 heavy (non-hydrogen) atoms. The fourth-order valence-electron chi connectivity index (χ4n) is 2.85. The zero-order chi connectivity index (χ0) is 14.1. The second-order valence-electron chi connectivity index (χ2n) is 5.57. The zero-order valence-electron chi connectivity index (χ0n) is 11.6. The highest BCUT2D eigenvalue weighted by Crippen LogP contribution is 2.25. The molecule has 0 saturated carbocycles. The van der Waals surface area contributed by atoms with Crippen LogP contribution in [0.3, 0.4) is 0 Å². The Morgan fingerprint density at radius 1 is 1.40 bits per heavy atom. The van der Waals surface area contributed by atoms with E-state index in [1.807, 2.05) is 18.2 Å². The number of fused-ring (bicyclic) bond motifs is 1. The molecule has 1 unspecified atom stereocenters. The number of amides is 2. The number of rotatable bonds is 2. The van der Waals surface area contributed by atoms with Crippen molar-refractivity contribution in [1.29, 1.82) is 0 Å². The van der Waals surface area contributed by atoms with Crippen molar-refractivity contribution in [1.82, 2.24) is 10.2 Å². The van der Waals surface area contributed by atoms with Gasteiger partial charge in [0, 0.05) is 37.3 Å². The summed E-state index contributed by atoms with van der Waals surface area (Å²) in [6, 6.07) is 5.47. The van der Waals surface area contributed by atoms with E-state index in [2.05, 4.69) is 10.6 Å². The van der Waals surface area contributed by atoms with E-state index < -0.39 is 0 Å². The second-order valence-corrected chi connectivity index (χ2v) is 5.57. The summed E-state index contributed by atoms with van der Waals surface area (Å²) in [5.74, 6) is 0.289. The van der Waals surface area contributed by atoms with Gasteiger partial charge >= 0.3 is 6.03 Å². The number of hydrogen-bond donors (Lipinski definition) is 2. The summed E-state index contributed by atoms with van der Waals surface area (Å²) < 4.78 is 0. The number of Topliss-reactive ketones (excluding diaryl/α,β-unsaturated/α-hetero) is 1. The minimum Gasteiger partial charge on any atom is -0.323 e. The van der Waals surface area contributed by atoms with Crippen molar-refractivity contribution in [3.8, 4) is 0 Å². The Morgan fingerprint density at radius 3 is 3.00 bits per heavy atom. The van der Waals surface area contributed by atoms with Gasteiger partial charge in [0.05, 0.1) is 0 Å². The van der Waals surface area contributed by atoms with Crippen LogP contribution in [-0.2, 0) is 6.54 Å². The van der Waals surface area contributed by atoms with Crippen molar-refractivity contribution in [2.24, 2.45) is 5.92 Å². The molecular formula is C15H19N3O2. The summed E-state index contributed by atoms with van der Waals surface area (Å²) >= 11 is 0. The van der Waals surface area contributed by atoms with E-state index >= 15 is 0 Å². The number of nitrogens with zero attached hydrogens (tertiary/aromatic N) is 1. The Labute approximate surface area is 118 Å². The minimum atomic E-state index is -0.104. The van der Waals surface area contributed by atoms with E-state index in [1.54, 1.807) is 11.9 Å². The van der Waals surface area contributed by atoms with Gasteiger partial charge in [0.25, 0.3) is 0 Å². The van der Waals surface area contributed by atoms with E-state index in [0.29, 0.717) is 6.54 Å². The molecule has 3 rings (SSSR count). The number of benzene rings is 1. The van der Waals surface area contributed by atoms with E-state index in [0.717, 1.165) is 42.7 Å². The van der Waals surface area contributed by atoms with Crippen molar-refractivity contribution < 1.29 is 9.59 Å². The Balaban J connectivity index is 1.83. The first kappa shape index (κ1) is 13.1. The average Bonchev–Trinajstić information content (AvgIpc) is 2.48. The topological polar surface area (TPSA) is 61.4 Å². The number of carbonyl (C=O) groups excluding carboxylic acids is 2. The first-order valence-electron chi connectivity index (χ1n) is 7.05. The van der Waals surface area contributed by atoms with Gasteiger partial charge in [-0.05, 0) is 43.1 Å². The van der Waals surface area contributed by atoms with Crippen LogP contribution in [0, 0.1) is 5.92 Å². The smallest absolute Gasteiger partial charge is 0.321 e. The van der Waals surface area contributed by atoms with Crippen molar-refractivity contribution >= 4 is 17.5 Å². The molecule has 5 heteroatoms. The molecule has 0 aromatic heterocycles. The van der Waals surface area contributed by atoms with Crippen LogP contribution >= 0.6 is 0 Å². The van der Waals surface area contributed by atoms with Crippen LogP contribution in [0.4, 0.5) is 10.5 Å². The number of anilines is 1. The van der Waals surface area contributed by atoms with E-state index in [-0.39, 0.29) is 17.7 Å². The fourth-order valence-corrected chi connectivity index (χ4v) is 2.85. The second kappa shape index (κ2) is 5.25. The standard InChI is InChI=1S/C15H19N3O2/c1-18-9-12-7-10(4-5-13(12)17-15(18)20)14(19)11-3-2-6-16-8-11/h4-5,7,11,16H,2-3,6,8-9H2,1H3,(H,17,20). The SMILES string of the molecule is CN1Cc2cc(C(=O)C3CCCNC3)ccc2NC1=O. The minimum absolute atomic E-state index is 0.0812. The lowest BCUT2D eigenvalue weighted by molar-refractivity contribution is 0.0899. The molecule has 1 aromatic rings. The molecule has 1 atom stereocenters. The van der Waals surface area contributed by atoms with Crippen molar-refractivity contribution in [2.75, 3.05) is 25.5 Å². The third kappa shape index (κ3) is 2.41. The molecule has 5 nitrogen and oxygen atoms in total. The van der Waals surface area contributed by atoms with Gasteiger partial charge in [-0.1, -0.05) is 0 Å². The number of nitrogens with one attached hydrogen (secondary N) is 2. The number of carbonyl (C=O) groups is 2. The first-order chi connectivity index (χ1) is 9.65. The van der Waals surface area contributed by atoms with Crippen molar-refractivity contribution in [3.05, 3.63) is 29.3 Å². The van der Waals surface area contributed by atoms with Crippen LogP contribution in [-0.4, -0.2) is 36.9 Å². The van der Waals surface area contributed by atoms with Gasteiger partial charge < -0.3 is 15.5 Å². The molecular weight excluding hydrogens is 254 g/mol. The maximum absolute atomic E-state index is 12.5. The van der Waals surface area contributed by atoms with Gasteiger partial charge in [0.1, 0.15) is 0 Å². The predicted molar refractivity (Wildman–Crippen MR) is 76.9 cm³/mol. The number of urea groups is 1.